The van der Waals surface area contributed by atoms with Crippen molar-refractivity contribution in [1.29, 1.82) is 0 Å². The summed E-state index contributed by atoms with van der Waals surface area (Å²) in [6, 6.07) is 1.82. The monoisotopic (exact) mass is 237 g/mol. The first-order valence-electron chi connectivity index (χ1n) is 3.90. The molecule has 0 spiro atoms. The second kappa shape index (κ2) is 3.73. The van der Waals surface area contributed by atoms with Crippen molar-refractivity contribution in [3.63, 3.8) is 0 Å². The Morgan fingerprint density at radius 1 is 1.40 bits per heavy atom. The molecule has 6 heteroatoms. The van der Waals surface area contributed by atoms with E-state index in [1.807, 2.05) is 0 Å². The standard InChI is InChI=1S/C9H7ClF3NO/c1-4(15)6-2-5(10)3-7(8(6)14)9(11,12)13/h2-3H,14H2,1H3. The molecule has 0 amide bonds. The number of carbonyl (C=O) groups is 1. The topological polar surface area (TPSA) is 43.1 Å². The average molecular weight is 238 g/mol. The summed E-state index contributed by atoms with van der Waals surface area (Å²) in [5.41, 5.74) is 3.36. The minimum absolute atomic E-state index is 0.165. The number of benzene rings is 1. The summed E-state index contributed by atoms with van der Waals surface area (Å²) in [7, 11) is 0. The van der Waals surface area contributed by atoms with Gasteiger partial charge in [0.2, 0.25) is 0 Å². The molecule has 0 unspecified atom stereocenters. The number of Topliss-reactive ketones (excluding diaryl/α,β-unsaturated/α-hetero) is 1. The van der Waals surface area contributed by atoms with Crippen molar-refractivity contribution in [3.05, 3.63) is 28.3 Å². The number of nitrogens with two attached hydrogens (primary N) is 1. The molecule has 0 aromatic heterocycles. The van der Waals surface area contributed by atoms with Crippen LogP contribution >= 0.6 is 11.6 Å². The summed E-state index contributed by atoms with van der Waals surface area (Å²) < 4.78 is 37.3. The molecule has 0 aliphatic rings. The van der Waals surface area contributed by atoms with E-state index in [1.165, 1.54) is 0 Å². The number of carbonyl (C=O) groups excluding carboxylic acids is 1. The van der Waals surface area contributed by atoms with Gasteiger partial charge >= 0.3 is 6.18 Å². The third-order valence-electron chi connectivity index (χ3n) is 1.83. The third-order valence-corrected chi connectivity index (χ3v) is 2.05. The molecule has 15 heavy (non-hydrogen) atoms. The summed E-state index contributed by atoms with van der Waals surface area (Å²) in [5, 5.41) is -0.165. The van der Waals surface area contributed by atoms with Gasteiger partial charge in [0.25, 0.3) is 0 Å². The van der Waals surface area contributed by atoms with Crippen LogP contribution in [0.2, 0.25) is 5.02 Å². The van der Waals surface area contributed by atoms with Gasteiger partial charge in [0, 0.05) is 10.6 Å². The molecule has 0 bridgehead atoms. The van der Waals surface area contributed by atoms with Gasteiger partial charge in [-0.2, -0.15) is 13.2 Å². The predicted molar refractivity (Wildman–Crippen MR) is 50.9 cm³/mol. The van der Waals surface area contributed by atoms with E-state index in [2.05, 4.69) is 0 Å². The van der Waals surface area contributed by atoms with E-state index >= 15 is 0 Å². The molecule has 1 aromatic carbocycles. The van der Waals surface area contributed by atoms with Crippen molar-refractivity contribution in [2.75, 3.05) is 5.73 Å². The number of hydrogen-bond acceptors (Lipinski definition) is 2. The Morgan fingerprint density at radius 3 is 2.33 bits per heavy atom. The van der Waals surface area contributed by atoms with Gasteiger partial charge in [-0.05, 0) is 19.1 Å². The number of nitrogen functional groups attached to an aromatic ring is 1. The second-order valence-electron chi connectivity index (χ2n) is 2.97. The van der Waals surface area contributed by atoms with Crippen LogP contribution in [0.4, 0.5) is 18.9 Å². The Morgan fingerprint density at radius 2 is 1.93 bits per heavy atom. The highest BCUT2D eigenvalue weighted by Gasteiger charge is 2.34. The molecule has 2 N–H and O–H groups in total. The van der Waals surface area contributed by atoms with Crippen LogP contribution in [0.1, 0.15) is 22.8 Å². The molecule has 0 saturated heterocycles. The third kappa shape index (κ3) is 2.41. The van der Waals surface area contributed by atoms with E-state index in [1.54, 1.807) is 0 Å². The van der Waals surface area contributed by atoms with Crippen LogP contribution in [-0.4, -0.2) is 5.78 Å². The first-order valence-corrected chi connectivity index (χ1v) is 4.28. The molecular formula is C9H7ClF3NO. The molecule has 1 aromatic rings. The lowest BCUT2D eigenvalue weighted by Crippen LogP contribution is -2.12. The fraction of sp³-hybridized carbons (Fsp3) is 0.222. The Balaban J connectivity index is 3.49. The molecule has 0 heterocycles. The predicted octanol–water partition coefficient (Wildman–Crippen LogP) is 3.14. The maximum atomic E-state index is 12.4. The van der Waals surface area contributed by atoms with E-state index in [0.717, 1.165) is 13.0 Å². The van der Waals surface area contributed by atoms with Crippen LogP contribution < -0.4 is 5.73 Å². The van der Waals surface area contributed by atoms with E-state index in [4.69, 9.17) is 17.3 Å². The van der Waals surface area contributed by atoms with E-state index in [-0.39, 0.29) is 10.6 Å². The molecule has 0 radical (unpaired) electrons. The average Bonchev–Trinajstić information content (AvgIpc) is 2.06. The van der Waals surface area contributed by atoms with Crippen LogP contribution in [0, 0.1) is 0 Å². The first-order chi connectivity index (χ1) is 6.73. The molecule has 0 aliphatic carbocycles. The Hall–Kier alpha value is -1.23. The maximum Gasteiger partial charge on any atom is 0.418 e. The second-order valence-corrected chi connectivity index (χ2v) is 3.40. The van der Waals surface area contributed by atoms with Gasteiger partial charge in [0.05, 0.1) is 11.3 Å². The summed E-state index contributed by atoms with van der Waals surface area (Å²) in [6.45, 7) is 1.13. The maximum absolute atomic E-state index is 12.4. The highest BCUT2D eigenvalue weighted by molar-refractivity contribution is 6.31. The Kier molecular flexibility index (Phi) is 2.95. The SMILES string of the molecule is CC(=O)c1cc(Cl)cc(C(F)(F)F)c1N. The van der Waals surface area contributed by atoms with Crippen LogP contribution in [0.15, 0.2) is 12.1 Å². The Labute approximate surface area is 88.8 Å². The number of anilines is 1. The van der Waals surface area contributed by atoms with Gasteiger partial charge in [-0.25, -0.2) is 0 Å². The number of rotatable bonds is 1. The molecule has 0 atom stereocenters. The molecule has 0 saturated carbocycles. The smallest absolute Gasteiger partial charge is 0.398 e. The molecule has 0 aliphatic heterocycles. The molecular weight excluding hydrogens is 231 g/mol. The highest BCUT2D eigenvalue weighted by Crippen LogP contribution is 2.37. The normalized spacial score (nSPS) is 11.5. The number of halogens is 4. The fourth-order valence-electron chi connectivity index (χ4n) is 1.14. The molecule has 0 fully saturated rings. The zero-order valence-electron chi connectivity index (χ0n) is 7.65. The minimum atomic E-state index is -4.61. The summed E-state index contributed by atoms with van der Waals surface area (Å²) in [6.07, 6.45) is -4.61. The van der Waals surface area contributed by atoms with Crippen molar-refractivity contribution >= 4 is 23.1 Å². The van der Waals surface area contributed by atoms with Crippen molar-refractivity contribution in [3.8, 4) is 0 Å². The zero-order chi connectivity index (χ0) is 11.8. The first kappa shape index (κ1) is 11.8. The quantitative estimate of drug-likeness (QED) is 0.602. The van der Waals surface area contributed by atoms with Gasteiger partial charge < -0.3 is 5.73 Å². The molecule has 1 rings (SSSR count). The summed E-state index contributed by atoms with van der Waals surface area (Å²) in [4.78, 5) is 11.0. The number of alkyl halides is 3. The Bertz CT molecular complexity index is 415. The van der Waals surface area contributed by atoms with Crippen molar-refractivity contribution in [1.82, 2.24) is 0 Å². The van der Waals surface area contributed by atoms with Crippen molar-refractivity contribution in [2.24, 2.45) is 0 Å². The lowest BCUT2D eigenvalue weighted by molar-refractivity contribution is -0.136. The van der Waals surface area contributed by atoms with E-state index in [0.29, 0.717) is 6.07 Å². The van der Waals surface area contributed by atoms with Gasteiger partial charge in [0.15, 0.2) is 5.78 Å². The molecule has 82 valence electrons. The van der Waals surface area contributed by atoms with Crippen molar-refractivity contribution in [2.45, 2.75) is 13.1 Å². The summed E-state index contributed by atoms with van der Waals surface area (Å²) >= 11 is 5.46. The van der Waals surface area contributed by atoms with Crippen molar-refractivity contribution < 1.29 is 18.0 Å². The van der Waals surface area contributed by atoms with Crippen LogP contribution in [0.3, 0.4) is 0 Å². The largest absolute Gasteiger partial charge is 0.418 e. The lowest BCUT2D eigenvalue weighted by atomic mass is 10.0. The highest BCUT2D eigenvalue weighted by atomic mass is 35.5. The van der Waals surface area contributed by atoms with Crippen LogP contribution in [0.5, 0.6) is 0 Å². The number of ketones is 1. The van der Waals surface area contributed by atoms with E-state index in [9.17, 15) is 18.0 Å². The van der Waals surface area contributed by atoms with Crippen LogP contribution in [-0.2, 0) is 6.18 Å². The zero-order valence-corrected chi connectivity index (χ0v) is 8.41. The van der Waals surface area contributed by atoms with Crippen LogP contribution in [0.25, 0.3) is 0 Å². The van der Waals surface area contributed by atoms with Gasteiger partial charge in [-0.1, -0.05) is 11.6 Å². The van der Waals surface area contributed by atoms with Gasteiger partial charge in [-0.3, -0.25) is 4.79 Å². The van der Waals surface area contributed by atoms with Gasteiger partial charge in [-0.15, -0.1) is 0 Å². The van der Waals surface area contributed by atoms with E-state index < -0.39 is 23.2 Å². The minimum Gasteiger partial charge on any atom is -0.398 e. The lowest BCUT2D eigenvalue weighted by Gasteiger charge is -2.12. The van der Waals surface area contributed by atoms with Gasteiger partial charge in [0.1, 0.15) is 0 Å². The summed E-state index contributed by atoms with van der Waals surface area (Å²) in [5.74, 6) is -0.555. The fourth-order valence-corrected chi connectivity index (χ4v) is 1.36. The molecule has 2 nitrogen and oxygen atoms in total. The number of hydrogen-bond donors (Lipinski definition) is 1.